The molecule has 1 aliphatic rings. The van der Waals surface area contributed by atoms with Crippen LogP contribution >= 0.6 is 0 Å². The first-order valence-corrected chi connectivity index (χ1v) is 9.73. The Balaban J connectivity index is 1.51. The zero-order valence-corrected chi connectivity index (χ0v) is 16.4. The molecule has 5 nitrogen and oxygen atoms in total. The predicted octanol–water partition coefficient (Wildman–Crippen LogP) is 2.81. The molecular weight excluding hydrogens is 336 g/mol. The third-order valence-corrected chi connectivity index (χ3v) is 4.87. The van der Waals surface area contributed by atoms with Crippen LogP contribution in [0.5, 0.6) is 5.75 Å². The molecule has 0 aliphatic carbocycles. The lowest BCUT2D eigenvalue weighted by molar-refractivity contribution is 0.258. The van der Waals surface area contributed by atoms with Crippen molar-refractivity contribution in [2.75, 3.05) is 33.3 Å². The second-order valence-electron chi connectivity index (χ2n) is 6.73. The summed E-state index contributed by atoms with van der Waals surface area (Å²) in [6.07, 6.45) is 1.14. The smallest absolute Gasteiger partial charge is 0.191 e. The first kappa shape index (κ1) is 19.2. The SMILES string of the molecule is CCNC(=NCc1ccccc1OC)NCCN1CCc2ccccc2C1. The molecule has 0 aromatic heterocycles. The molecule has 0 unspecified atom stereocenters. The number of methoxy groups -OCH3 is 1. The van der Waals surface area contributed by atoms with Crippen LogP contribution in [0.4, 0.5) is 0 Å². The molecule has 0 spiro atoms. The van der Waals surface area contributed by atoms with Gasteiger partial charge in [0.2, 0.25) is 0 Å². The summed E-state index contributed by atoms with van der Waals surface area (Å²) in [7, 11) is 1.70. The average Bonchev–Trinajstić information content (AvgIpc) is 2.72. The van der Waals surface area contributed by atoms with Crippen LogP contribution in [0.2, 0.25) is 0 Å². The molecule has 2 aromatic carbocycles. The van der Waals surface area contributed by atoms with Gasteiger partial charge in [0.05, 0.1) is 13.7 Å². The number of ether oxygens (including phenoxy) is 1. The topological polar surface area (TPSA) is 48.9 Å². The van der Waals surface area contributed by atoms with Gasteiger partial charge in [0.15, 0.2) is 5.96 Å². The number of hydrogen-bond acceptors (Lipinski definition) is 3. The lowest BCUT2D eigenvalue weighted by Gasteiger charge is -2.28. The number of nitrogens with zero attached hydrogens (tertiary/aromatic N) is 2. The van der Waals surface area contributed by atoms with E-state index >= 15 is 0 Å². The Morgan fingerprint density at radius 2 is 1.85 bits per heavy atom. The maximum absolute atomic E-state index is 5.41. The number of nitrogens with one attached hydrogen (secondary N) is 2. The van der Waals surface area contributed by atoms with Gasteiger partial charge in [-0.3, -0.25) is 4.90 Å². The summed E-state index contributed by atoms with van der Waals surface area (Å²) < 4.78 is 5.41. The zero-order chi connectivity index (χ0) is 18.9. The standard InChI is InChI=1S/C22H30N4O/c1-3-23-22(25-16-19-9-6-7-11-21(19)27-2)24-13-15-26-14-12-18-8-4-5-10-20(18)17-26/h4-11H,3,12-17H2,1-2H3,(H2,23,24,25). The monoisotopic (exact) mass is 366 g/mol. The van der Waals surface area contributed by atoms with Crippen molar-refractivity contribution in [2.45, 2.75) is 26.4 Å². The Hall–Kier alpha value is -2.53. The number of fused-ring (bicyclic) bond motifs is 1. The van der Waals surface area contributed by atoms with Crippen molar-refractivity contribution in [3.63, 3.8) is 0 Å². The first-order chi connectivity index (χ1) is 13.3. The molecule has 2 aromatic rings. The highest BCUT2D eigenvalue weighted by atomic mass is 16.5. The third kappa shape index (κ3) is 5.47. The molecule has 0 amide bonds. The third-order valence-electron chi connectivity index (χ3n) is 4.87. The summed E-state index contributed by atoms with van der Waals surface area (Å²) in [6, 6.07) is 16.8. The van der Waals surface area contributed by atoms with Crippen LogP contribution in [-0.2, 0) is 19.5 Å². The van der Waals surface area contributed by atoms with E-state index < -0.39 is 0 Å². The van der Waals surface area contributed by atoms with E-state index in [9.17, 15) is 0 Å². The van der Waals surface area contributed by atoms with Gasteiger partial charge in [-0.15, -0.1) is 0 Å². The molecule has 5 heteroatoms. The molecule has 0 bridgehead atoms. The van der Waals surface area contributed by atoms with Crippen LogP contribution < -0.4 is 15.4 Å². The van der Waals surface area contributed by atoms with Gasteiger partial charge in [0.1, 0.15) is 5.75 Å². The Morgan fingerprint density at radius 1 is 1.07 bits per heavy atom. The van der Waals surface area contributed by atoms with E-state index in [0.29, 0.717) is 6.54 Å². The van der Waals surface area contributed by atoms with Crippen LogP contribution in [0.25, 0.3) is 0 Å². The van der Waals surface area contributed by atoms with Crippen molar-refractivity contribution >= 4 is 5.96 Å². The van der Waals surface area contributed by atoms with E-state index in [4.69, 9.17) is 9.73 Å². The molecule has 144 valence electrons. The summed E-state index contributed by atoms with van der Waals surface area (Å²) in [4.78, 5) is 7.21. The lowest BCUT2D eigenvalue weighted by Crippen LogP contribution is -2.42. The summed E-state index contributed by atoms with van der Waals surface area (Å²) in [5, 5.41) is 6.78. The average molecular weight is 367 g/mol. The van der Waals surface area contributed by atoms with Crippen molar-refractivity contribution in [1.82, 2.24) is 15.5 Å². The summed E-state index contributed by atoms with van der Waals surface area (Å²) in [5.74, 6) is 1.73. The van der Waals surface area contributed by atoms with Gasteiger partial charge in [0, 0.05) is 38.3 Å². The van der Waals surface area contributed by atoms with Crippen molar-refractivity contribution in [3.8, 4) is 5.75 Å². The van der Waals surface area contributed by atoms with E-state index in [2.05, 4.69) is 52.8 Å². The maximum atomic E-state index is 5.41. The van der Waals surface area contributed by atoms with Crippen LogP contribution in [-0.4, -0.2) is 44.1 Å². The second-order valence-corrected chi connectivity index (χ2v) is 6.73. The van der Waals surface area contributed by atoms with E-state index in [1.165, 1.54) is 11.1 Å². The maximum Gasteiger partial charge on any atom is 0.191 e. The molecule has 0 atom stereocenters. The van der Waals surface area contributed by atoms with Crippen molar-refractivity contribution in [3.05, 3.63) is 65.2 Å². The van der Waals surface area contributed by atoms with Gasteiger partial charge in [-0.2, -0.15) is 0 Å². The van der Waals surface area contributed by atoms with Crippen LogP contribution in [0.15, 0.2) is 53.5 Å². The number of hydrogen-bond donors (Lipinski definition) is 2. The van der Waals surface area contributed by atoms with Gasteiger partial charge < -0.3 is 15.4 Å². The predicted molar refractivity (Wildman–Crippen MR) is 111 cm³/mol. The Labute approximate surface area is 162 Å². The molecule has 27 heavy (non-hydrogen) atoms. The summed E-state index contributed by atoms with van der Waals surface area (Å²) in [5.41, 5.74) is 4.04. The highest BCUT2D eigenvalue weighted by molar-refractivity contribution is 5.79. The Kier molecular flexibility index (Phi) is 7.11. The minimum atomic E-state index is 0.594. The second kappa shape index (κ2) is 9.97. The number of rotatable bonds is 7. The molecule has 0 saturated heterocycles. The van der Waals surface area contributed by atoms with Gasteiger partial charge >= 0.3 is 0 Å². The highest BCUT2D eigenvalue weighted by Gasteiger charge is 2.15. The van der Waals surface area contributed by atoms with Gasteiger partial charge in [-0.1, -0.05) is 42.5 Å². The molecule has 1 aliphatic heterocycles. The van der Waals surface area contributed by atoms with Gasteiger partial charge in [-0.05, 0) is 30.5 Å². The number of guanidine groups is 1. The summed E-state index contributed by atoms with van der Waals surface area (Å²) >= 11 is 0. The lowest BCUT2D eigenvalue weighted by atomic mass is 10.00. The summed E-state index contributed by atoms with van der Waals surface area (Å²) in [6.45, 7) is 7.56. The molecule has 0 fully saturated rings. The Morgan fingerprint density at radius 3 is 2.67 bits per heavy atom. The molecule has 2 N–H and O–H groups in total. The molecule has 3 rings (SSSR count). The van der Waals surface area contributed by atoms with Crippen LogP contribution in [0.3, 0.4) is 0 Å². The molecule has 1 heterocycles. The molecule has 0 saturated carbocycles. The normalized spacial score (nSPS) is 14.5. The van der Waals surface area contributed by atoms with Crippen molar-refractivity contribution < 1.29 is 4.74 Å². The van der Waals surface area contributed by atoms with Crippen molar-refractivity contribution in [1.29, 1.82) is 0 Å². The highest BCUT2D eigenvalue weighted by Crippen LogP contribution is 2.18. The number of benzene rings is 2. The van der Waals surface area contributed by atoms with E-state index in [0.717, 1.165) is 56.4 Å². The molecular formula is C22H30N4O. The van der Waals surface area contributed by atoms with E-state index in [-0.39, 0.29) is 0 Å². The quantitative estimate of drug-likeness (QED) is 0.584. The minimum absolute atomic E-state index is 0.594. The zero-order valence-electron chi connectivity index (χ0n) is 16.4. The van der Waals surface area contributed by atoms with Gasteiger partial charge in [-0.25, -0.2) is 4.99 Å². The van der Waals surface area contributed by atoms with Crippen molar-refractivity contribution in [2.24, 2.45) is 4.99 Å². The first-order valence-electron chi connectivity index (χ1n) is 9.73. The fourth-order valence-electron chi connectivity index (χ4n) is 3.42. The van der Waals surface area contributed by atoms with E-state index in [1.54, 1.807) is 7.11 Å². The fourth-order valence-corrected chi connectivity index (χ4v) is 3.42. The number of aliphatic imine (C=N–C) groups is 1. The Bertz CT molecular complexity index is 759. The van der Waals surface area contributed by atoms with Crippen LogP contribution in [0, 0.1) is 0 Å². The van der Waals surface area contributed by atoms with E-state index in [1.807, 2.05) is 18.2 Å². The minimum Gasteiger partial charge on any atom is -0.496 e. The largest absolute Gasteiger partial charge is 0.496 e. The molecule has 0 radical (unpaired) electrons. The number of para-hydroxylation sites is 1. The van der Waals surface area contributed by atoms with Gasteiger partial charge in [0.25, 0.3) is 0 Å². The fraction of sp³-hybridized carbons (Fsp3) is 0.409. The van der Waals surface area contributed by atoms with Crippen LogP contribution in [0.1, 0.15) is 23.6 Å².